The van der Waals surface area contributed by atoms with Crippen molar-refractivity contribution in [3.8, 4) is 6.07 Å². The molecule has 0 fully saturated rings. The molecule has 1 atom stereocenters. The van der Waals surface area contributed by atoms with E-state index in [2.05, 4.69) is 5.32 Å². The molecule has 0 aromatic heterocycles. The number of carbonyl (C=O) groups excluding carboxylic acids is 1. The van der Waals surface area contributed by atoms with Gasteiger partial charge in [0.05, 0.1) is 11.0 Å². The average Bonchev–Trinajstić information content (AvgIpc) is 2.31. The van der Waals surface area contributed by atoms with E-state index in [0.717, 1.165) is 0 Å². The maximum Gasteiger partial charge on any atom is 0.272 e. The number of nitriles is 1. The zero-order chi connectivity index (χ0) is 13.9. The molecule has 18 heavy (non-hydrogen) atoms. The number of aryl methyl sites for hydroxylation is 2. The van der Waals surface area contributed by atoms with Crippen molar-refractivity contribution in [1.29, 1.82) is 5.26 Å². The Kier molecular flexibility index (Phi) is 4.00. The van der Waals surface area contributed by atoms with Gasteiger partial charge in [-0.05, 0) is 32.4 Å². The average molecular weight is 247 g/mol. The van der Waals surface area contributed by atoms with E-state index in [1.807, 2.05) is 6.07 Å². The van der Waals surface area contributed by atoms with Crippen molar-refractivity contribution in [1.82, 2.24) is 0 Å². The predicted octanol–water partition coefficient (Wildman–Crippen LogP) is 2.31. The van der Waals surface area contributed by atoms with Gasteiger partial charge in [-0.1, -0.05) is 0 Å². The lowest BCUT2D eigenvalue weighted by atomic mass is 10.1. The number of benzene rings is 1. The van der Waals surface area contributed by atoms with Gasteiger partial charge in [0, 0.05) is 17.3 Å². The van der Waals surface area contributed by atoms with Gasteiger partial charge < -0.3 is 5.32 Å². The first-order valence-corrected chi connectivity index (χ1v) is 5.33. The fourth-order valence-corrected chi connectivity index (χ4v) is 1.43. The second-order valence-electron chi connectivity index (χ2n) is 4.05. The second-order valence-corrected chi connectivity index (χ2v) is 4.05. The minimum Gasteiger partial charge on any atom is -0.325 e. The number of hydrogen-bond acceptors (Lipinski definition) is 4. The normalized spacial score (nSPS) is 11.4. The lowest BCUT2D eigenvalue weighted by molar-refractivity contribution is -0.385. The van der Waals surface area contributed by atoms with Crippen LogP contribution in [0, 0.1) is 41.2 Å². The summed E-state index contributed by atoms with van der Waals surface area (Å²) >= 11 is 0. The first-order chi connectivity index (χ1) is 8.36. The molecule has 0 saturated heterocycles. The van der Waals surface area contributed by atoms with E-state index >= 15 is 0 Å². The van der Waals surface area contributed by atoms with Gasteiger partial charge in [-0.3, -0.25) is 14.9 Å². The van der Waals surface area contributed by atoms with Gasteiger partial charge in [0.2, 0.25) is 5.91 Å². The lowest BCUT2D eigenvalue weighted by Gasteiger charge is -2.10. The SMILES string of the molecule is Cc1cc([N+](=O)[O-])c(C)cc1NC(=O)C(C)C#N. The fourth-order valence-electron chi connectivity index (χ4n) is 1.43. The van der Waals surface area contributed by atoms with Gasteiger partial charge >= 0.3 is 0 Å². The zero-order valence-corrected chi connectivity index (χ0v) is 10.4. The number of amides is 1. The first kappa shape index (κ1) is 13.6. The van der Waals surface area contributed by atoms with Crippen LogP contribution in [0.2, 0.25) is 0 Å². The molecule has 0 aliphatic rings. The smallest absolute Gasteiger partial charge is 0.272 e. The van der Waals surface area contributed by atoms with E-state index < -0.39 is 16.7 Å². The van der Waals surface area contributed by atoms with E-state index in [1.165, 1.54) is 19.1 Å². The van der Waals surface area contributed by atoms with Gasteiger partial charge in [-0.2, -0.15) is 5.26 Å². The Morgan fingerprint density at radius 2 is 2.06 bits per heavy atom. The summed E-state index contributed by atoms with van der Waals surface area (Å²) in [6.07, 6.45) is 0. The fraction of sp³-hybridized carbons (Fsp3) is 0.333. The maximum absolute atomic E-state index is 11.6. The summed E-state index contributed by atoms with van der Waals surface area (Å²) in [6.45, 7) is 4.75. The van der Waals surface area contributed by atoms with E-state index in [1.54, 1.807) is 13.8 Å². The number of nitrogens with zero attached hydrogens (tertiary/aromatic N) is 2. The maximum atomic E-state index is 11.6. The Bertz CT molecular complexity index is 546. The zero-order valence-electron chi connectivity index (χ0n) is 10.4. The number of nitro benzene ring substituents is 1. The Hall–Kier alpha value is -2.42. The van der Waals surface area contributed by atoms with Crippen LogP contribution in [0.3, 0.4) is 0 Å². The number of nitro groups is 1. The van der Waals surface area contributed by atoms with Gasteiger partial charge in [0.25, 0.3) is 5.69 Å². The molecular formula is C12H13N3O3. The highest BCUT2D eigenvalue weighted by Gasteiger charge is 2.17. The van der Waals surface area contributed by atoms with Crippen molar-refractivity contribution in [2.24, 2.45) is 5.92 Å². The van der Waals surface area contributed by atoms with Crippen LogP contribution in [-0.4, -0.2) is 10.8 Å². The Labute approximate surface area is 104 Å². The molecular weight excluding hydrogens is 234 g/mol. The molecule has 1 amide bonds. The molecule has 1 unspecified atom stereocenters. The van der Waals surface area contributed by atoms with Crippen LogP contribution in [0.15, 0.2) is 12.1 Å². The summed E-state index contributed by atoms with van der Waals surface area (Å²) < 4.78 is 0. The number of anilines is 1. The summed E-state index contributed by atoms with van der Waals surface area (Å²) in [5, 5.41) is 21.9. The predicted molar refractivity (Wildman–Crippen MR) is 66.0 cm³/mol. The molecule has 0 bridgehead atoms. The molecule has 0 saturated carbocycles. The van der Waals surface area contributed by atoms with E-state index in [0.29, 0.717) is 16.8 Å². The molecule has 1 aromatic rings. The third-order valence-corrected chi connectivity index (χ3v) is 2.58. The second kappa shape index (κ2) is 5.27. The molecule has 6 heteroatoms. The number of nitrogens with one attached hydrogen (secondary N) is 1. The van der Waals surface area contributed by atoms with Crippen LogP contribution in [-0.2, 0) is 4.79 Å². The molecule has 0 heterocycles. The molecule has 0 spiro atoms. The summed E-state index contributed by atoms with van der Waals surface area (Å²) in [6, 6.07) is 4.77. The van der Waals surface area contributed by atoms with E-state index in [4.69, 9.17) is 5.26 Å². The topological polar surface area (TPSA) is 96.0 Å². The minimum absolute atomic E-state index is 0.0128. The third kappa shape index (κ3) is 2.83. The third-order valence-electron chi connectivity index (χ3n) is 2.58. The van der Waals surface area contributed by atoms with Crippen LogP contribution in [0.25, 0.3) is 0 Å². The highest BCUT2D eigenvalue weighted by molar-refractivity contribution is 5.94. The van der Waals surface area contributed by atoms with E-state index in [-0.39, 0.29) is 5.69 Å². The first-order valence-electron chi connectivity index (χ1n) is 5.33. The molecule has 6 nitrogen and oxygen atoms in total. The molecule has 0 aliphatic heterocycles. The number of hydrogen-bond donors (Lipinski definition) is 1. The summed E-state index contributed by atoms with van der Waals surface area (Å²) in [5.74, 6) is -1.19. The molecule has 94 valence electrons. The van der Waals surface area contributed by atoms with Crippen molar-refractivity contribution in [3.05, 3.63) is 33.4 Å². The van der Waals surface area contributed by atoms with Gasteiger partial charge in [0.1, 0.15) is 5.92 Å². The minimum atomic E-state index is -0.764. The molecule has 1 N–H and O–H groups in total. The van der Waals surface area contributed by atoms with Crippen molar-refractivity contribution < 1.29 is 9.72 Å². The van der Waals surface area contributed by atoms with Crippen LogP contribution in [0.4, 0.5) is 11.4 Å². The Morgan fingerprint density at radius 3 is 2.56 bits per heavy atom. The molecule has 1 aromatic carbocycles. The highest BCUT2D eigenvalue weighted by atomic mass is 16.6. The standard InChI is InChI=1S/C12H13N3O3/c1-7-5-11(15(17)18)8(2)4-10(7)14-12(16)9(3)6-13/h4-5,9H,1-3H3,(H,14,16). The summed E-state index contributed by atoms with van der Waals surface area (Å²) in [7, 11) is 0. The number of rotatable bonds is 3. The Morgan fingerprint density at radius 1 is 1.44 bits per heavy atom. The quantitative estimate of drug-likeness (QED) is 0.654. The van der Waals surface area contributed by atoms with Gasteiger partial charge in [0.15, 0.2) is 0 Å². The molecule has 0 aliphatic carbocycles. The van der Waals surface area contributed by atoms with Crippen LogP contribution >= 0.6 is 0 Å². The number of carbonyl (C=O) groups is 1. The summed E-state index contributed by atoms with van der Waals surface area (Å²) in [5.41, 5.74) is 1.56. The van der Waals surface area contributed by atoms with E-state index in [9.17, 15) is 14.9 Å². The molecule has 0 radical (unpaired) electrons. The van der Waals surface area contributed by atoms with Gasteiger partial charge in [-0.25, -0.2) is 0 Å². The largest absolute Gasteiger partial charge is 0.325 e. The van der Waals surface area contributed by atoms with Crippen LogP contribution in [0.5, 0.6) is 0 Å². The lowest BCUT2D eigenvalue weighted by Crippen LogP contribution is -2.19. The van der Waals surface area contributed by atoms with Crippen molar-refractivity contribution >= 4 is 17.3 Å². The monoisotopic (exact) mass is 247 g/mol. The van der Waals surface area contributed by atoms with Crippen molar-refractivity contribution in [2.45, 2.75) is 20.8 Å². The van der Waals surface area contributed by atoms with Crippen LogP contribution in [0.1, 0.15) is 18.1 Å². The molecule has 1 rings (SSSR count). The van der Waals surface area contributed by atoms with Crippen molar-refractivity contribution in [2.75, 3.05) is 5.32 Å². The highest BCUT2D eigenvalue weighted by Crippen LogP contribution is 2.26. The van der Waals surface area contributed by atoms with Crippen LogP contribution < -0.4 is 5.32 Å². The Balaban J connectivity index is 3.06. The van der Waals surface area contributed by atoms with Gasteiger partial charge in [-0.15, -0.1) is 0 Å². The van der Waals surface area contributed by atoms with Crippen molar-refractivity contribution in [3.63, 3.8) is 0 Å². The summed E-state index contributed by atoms with van der Waals surface area (Å²) in [4.78, 5) is 21.8.